The molecule has 0 unspecified atom stereocenters. The predicted molar refractivity (Wildman–Crippen MR) is 78.6 cm³/mol. The number of anilines is 1. The SMILES string of the molecule is O=C(Nc1c(F)c(F)cc(C(=O)O)c1Cl)OCc1ccccc1. The second-order valence-electron chi connectivity index (χ2n) is 4.40. The highest BCUT2D eigenvalue weighted by molar-refractivity contribution is 6.36. The molecule has 0 aliphatic carbocycles. The summed E-state index contributed by atoms with van der Waals surface area (Å²) in [5.74, 6) is -4.49. The third-order valence-corrected chi connectivity index (χ3v) is 3.22. The van der Waals surface area contributed by atoms with E-state index in [2.05, 4.69) is 0 Å². The molecule has 2 aromatic carbocycles. The third-order valence-electron chi connectivity index (χ3n) is 2.83. The molecule has 0 saturated heterocycles. The average Bonchev–Trinajstić information content (AvgIpc) is 2.53. The van der Waals surface area contributed by atoms with Crippen molar-refractivity contribution < 1.29 is 28.2 Å². The van der Waals surface area contributed by atoms with Crippen LogP contribution in [0.5, 0.6) is 0 Å². The highest BCUT2D eigenvalue weighted by Crippen LogP contribution is 2.31. The summed E-state index contributed by atoms with van der Waals surface area (Å²) in [5, 5.41) is 10.2. The lowest BCUT2D eigenvalue weighted by atomic mass is 10.2. The summed E-state index contributed by atoms with van der Waals surface area (Å²) in [7, 11) is 0. The topological polar surface area (TPSA) is 75.6 Å². The van der Waals surface area contributed by atoms with Gasteiger partial charge in [0, 0.05) is 0 Å². The van der Waals surface area contributed by atoms with E-state index in [0.29, 0.717) is 11.6 Å². The Hall–Kier alpha value is -2.67. The highest BCUT2D eigenvalue weighted by Gasteiger charge is 2.22. The summed E-state index contributed by atoms with van der Waals surface area (Å²) in [6.45, 7) is -0.104. The molecule has 0 heterocycles. The zero-order valence-electron chi connectivity index (χ0n) is 11.5. The average molecular weight is 342 g/mol. The molecule has 0 aromatic heterocycles. The first-order chi connectivity index (χ1) is 10.9. The molecule has 0 spiro atoms. The molecule has 1 amide bonds. The fourth-order valence-corrected chi connectivity index (χ4v) is 2.00. The number of carboxylic acids is 1. The van der Waals surface area contributed by atoms with E-state index >= 15 is 0 Å². The minimum absolute atomic E-state index is 0.104. The molecule has 2 N–H and O–H groups in total. The Morgan fingerprint density at radius 3 is 2.48 bits per heavy atom. The van der Waals surface area contributed by atoms with Crippen molar-refractivity contribution in [2.24, 2.45) is 0 Å². The Morgan fingerprint density at radius 1 is 1.22 bits per heavy atom. The van der Waals surface area contributed by atoms with Crippen molar-refractivity contribution in [2.75, 3.05) is 5.32 Å². The number of rotatable bonds is 4. The molecule has 120 valence electrons. The van der Waals surface area contributed by atoms with Crippen LogP contribution in [-0.2, 0) is 11.3 Å². The first kappa shape index (κ1) is 16.7. The van der Waals surface area contributed by atoms with E-state index < -0.39 is 40.0 Å². The molecular formula is C15H10ClF2NO4. The molecule has 0 fully saturated rings. The Bertz CT molecular complexity index is 753. The second kappa shape index (κ2) is 7.06. The molecule has 23 heavy (non-hydrogen) atoms. The Kier molecular flexibility index (Phi) is 5.13. The largest absolute Gasteiger partial charge is 0.478 e. The van der Waals surface area contributed by atoms with Gasteiger partial charge >= 0.3 is 12.1 Å². The van der Waals surface area contributed by atoms with Crippen molar-refractivity contribution >= 4 is 29.4 Å². The zero-order chi connectivity index (χ0) is 17.0. The number of halogens is 3. The minimum Gasteiger partial charge on any atom is -0.478 e. The fraction of sp³-hybridized carbons (Fsp3) is 0.0667. The smallest absolute Gasteiger partial charge is 0.412 e. The molecule has 2 rings (SSSR count). The van der Waals surface area contributed by atoms with Crippen LogP contribution >= 0.6 is 11.6 Å². The number of carboxylic acid groups (broad SMARTS) is 1. The minimum atomic E-state index is -1.56. The lowest BCUT2D eigenvalue weighted by Gasteiger charge is -2.11. The van der Waals surface area contributed by atoms with Gasteiger partial charge in [-0.3, -0.25) is 5.32 Å². The molecule has 0 radical (unpaired) electrons. The van der Waals surface area contributed by atoms with Gasteiger partial charge in [0.15, 0.2) is 11.6 Å². The first-order valence-electron chi connectivity index (χ1n) is 6.28. The van der Waals surface area contributed by atoms with Crippen molar-refractivity contribution in [3.8, 4) is 0 Å². The lowest BCUT2D eigenvalue weighted by molar-refractivity contribution is 0.0696. The maximum Gasteiger partial charge on any atom is 0.412 e. The number of carbonyl (C=O) groups is 2. The van der Waals surface area contributed by atoms with Crippen molar-refractivity contribution in [2.45, 2.75) is 6.61 Å². The van der Waals surface area contributed by atoms with Gasteiger partial charge in [-0.2, -0.15) is 0 Å². The molecule has 0 saturated carbocycles. The van der Waals surface area contributed by atoms with Crippen LogP contribution in [0.15, 0.2) is 36.4 Å². The number of hydrogen-bond donors (Lipinski definition) is 2. The van der Waals surface area contributed by atoms with E-state index in [0.717, 1.165) is 0 Å². The van der Waals surface area contributed by atoms with Gasteiger partial charge < -0.3 is 9.84 Å². The predicted octanol–water partition coefficient (Wildman–Crippen LogP) is 4.07. The van der Waals surface area contributed by atoms with E-state index in [1.807, 2.05) is 5.32 Å². The number of nitrogens with one attached hydrogen (secondary N) is 1. The van der Waals surface area contributed by atoms with Crippen LogP contribution in [0.2, 0.25) is 5.02 Å². The molecule has 2 aromatic rings. The Morgan fingerprint density at radius 2 is 1.87 bits per heavy atom. The van der Waals surface area contributed by atoms with Gasteiger partial charge in [-0.15, -0.1) is 0 Å². The van der Waals surface area contributed by atoms with Crippen LogP contribution in [-0.4, -0.2) is 17.2 Å². The maximum atomic E-state index is 13.7. The monoisotopic (exact) mass is 341 g/mol. The Balaban J connectivity index is 2.16. The molecule has 0 bridgehead atoms. The number of benzene rings is 2. The van der Waals surface area contributed by atoms with Crippen LogP contribution in [0.4, 0.5) is 19.3 Å². The van der Waals surface area contributed by atoms with Crippen LogP contribution in [0.25, 0.3) is 0 Å². The van der Waals surface area contributed by atoms with E-state index in [1.54, 1.807) is 30.3 Å². The highest BCUT2D eigenvalue weighted by atomic mass is 35.5. The van der Waals surface area contributed by atoms with Crippen molar-refractivity contribution in [3.63, 3.8) is 0 Å². The normalized spacial score (nSPS) is 10.2. The van der Waals surface area contributed by atoms with Gasteiger partial charge in [-0.25, -0.2) is 18.4 Å². The summed E-state index contributed by atoms with van der Waals surface area (Å²) < 4.78 is 31.9. The van der Waals surface area contributed by atoms with Crippen LogP contribution in [0.3, 0.4) is 0 Å². The van der Waals surface area contributed by atoms with Crippen LogP contribution in [0, 0.1) is 11.6 Å². The van der Waals surface area contributed by atoms with E-state index in [1.165, 1.54) is 0 Å². The summed E-state index contributed by atoms with van der Waals surface area (Å²) in [6.07, 6.45) is -1.10. The second-order valence-corrected chi connectivity index (χ2v) is 4.78. The number of hydrogen-bond acceptors (Lipinski definition) is 3. The van der Waals surface area contributed by atoms with E-state index in [4.69, 9.17) is 21.4 Å². The first-order valence-corrected chi connectivity index (χ1v) is 6.66. The van der Waals surface area contributed by atoms with E-state index in [-0.39, 0.29) is 6.61 Å². The zero-order valence-corrected chi connectivity index (χ0v) is 12.2. The number of amides is 1. The van der Waals surface area contributed by atoms with Crippen molar-refractivity contribution in [1.29, 1.82) is 0 Å². The van der Waals surface area contributed by atoms with Crippen molar-refractivity contribution in [3.05, 3.63) is 64.2 Å². The van der Waals surface area contributed by atoms with Gasteiger partial charge in [0.25, 0.3) is 0 Å². The van der Waals surface area contributed by atoms with Gasteiger partial charge in [-0.1, -0.05) is 41.9 Å². The lowest BCUT2D eigenvalue weighted by Crippen LogP contribution is -2.16. The third kappa shape index (κ3) is 3.95. The summed E-state index contributed by atoms with van der Waals surface area (Å²) in [6, 6.07) is 9.08. The van der Waals surface area contributed by atoms with E-state index in [9.17, 15) is 18.4 Å². The summed E-state index contributed by atoms with van der Waals surface area (Å²) in [4.78, 5) is 22.6. The van der Waals surface area contributed by atoms with Gasteiger partial charge in [-0.05, 0) is 11.6 Å². The molecule has 5 nitrogen and oxygen atoms in total. The number of aromatic carboxylic acids is 1. The van der Waals surface area contributed by atoms with Gasteiger partial charge in [0.1, 0.15) is 12.3 Å². The molecule has 8 heteroatoms. The molecule has 0 aliphatic heterocycles. The fourth-order valence-electron chi connectivity index (χ4n) is 1.73. The summed E-state index contributed by atoms with van der Waals surface area (Å²) >= 11 is 5.68. The number of carbonyl (C=O) groups excluding carboxylic acids is 1. The molecular weight excluding hydrogens is 332 g/mol. The van der Waals surface area contributed by atoms with Gasteiger partial charge in [0.2, 0.25) is 0 Å². The quantitative estimate of drug-likeness (QED) is 0.822. The Labute approximate surface area is 134 Å². The summed E-state index contributed by atoms with van der Waals surface area (Å²) in [5.41, 5.74) is -0.786. The molecule has 0 aliphatic rings. The molecule has 0 atom stereocenters. The standard InChI is InChI=1S/C15H10ClF2NO4/c16-11-9(14(20)21)6-10(17)12(18)13(11)19-15(22)23-7-8-4-2-1-3-5-8/h1-6H,7H2,(H,19,22)(H,20,21). The van der Waals surface area contributed by atoms with Crippen LogP contribution < -0.4 is 5.32 Å². The number of ether oxygens (including phenoxy) is 1. The van der Waals surface area contributed by atoms with Crippen LogP contribution in [0.1, 0.15) is 15.9 Å². The van der Waals surface area contributed by atoms with Gasteiger partial charge in [0.05, 0.1) is 10.6 Å². The van der Waals surface area contributed by atoms with Crippen molar-refractivity contribution in [1.82, 2.24) is 0 Å². The maximum absolute atomic E-state index is 13.7.